The van der Waals surface area contributed by atoms with E-state index >= 15 is 0 Å². The Kier molecular flexibility index (Phi) is 4.13. The number of ether oxygens (including phenoxy) is 2. The van der Waals surface area contributed by atoms with Crippen molar-refractivity contribution in [3.63, 3.8) is 0 Å². The van der Waals surface area contributed by atoms with Crippen LogP contribution in [0.15, 0.2) is 24.3 Å². The molecule has 2 aliphatic heterocycles. The zero-order valence-electron chi connectivity index (χ0n) is 15.2. The number of nitrogens with zero attached hydrogens (tertiary/aromatic N) is 1. The number of amides is 2. The predicted octanol–water partition coefficient (Wildman–Crippen LogP) is 1.95. The highest BCUT2D eigenvalue weighted by Gasteiger charge is 2.58. The van der Waals surface area contributed by atoms with Gasteiger partial charge in [0.15, 0.2) is 0 Å². The van der Waals surface area contributed by atoms with Crippen LogP contribution < -0.4 is 0 Å². The molecule has 1 saturated heterocycles. The molecule has 0 unspecified atom stereocenters. The van der Waals surface area contributed by atoms with Crippen LogP contribution in [0.25, 0.3) is 0 Å². The molecule has 138 valence electrons. The Hall–Kier alpha value is -2.70. The molecule has 7 nitrogen and oxygen atoms in total. The second-order valence-electron chi connectivity index (χ2n) is 7.36. The van der Waals surface area contributed by atoms with Gasteiger partial charge in [-0.3, -0.25) is 14.5 Å². The average Bonchev–Trinajstić information content (AvgIpc) is 2.96. The summed E-state index contributed by atoms with van der Waals surface area (Å²) in [6, 6.07) is 5.30. The fourth-order valence-electron chi connectivity index (χ4n) is 3.19. The van der Waals surface area contributed by atoms with Crippen molar-refractivity contribution in [1.29, 1.82) is 0 Å². The first kappa shape index (κ1) is 18.1. The average molecular weight is 359 g/mol. The molecule has 0 aromatic heterocycles. The smallest absolute Gasteiger partial charge is 0.351 e. The number of carbonyl (C=O) groups excluding carboxylic acids is 4. The van der Waals surface area contributed by atoms with Gasteiger partial charge >= 0.3 is 11.9 Å². The normalized spacial score (nSPS) is 25.1. The lowest BCUT2D eigenvalue weighted by Gasteiger charge is -2.34. The van der Waals surface area contributed by atoms with Crippen LogP contribution in [0, 0.1) is 5.41 Å². The van der Waals surface area contributed by atoms with Crippen LogP contribution in [0.3, 0.4) is 0 Å². The van der Waals surface area contributed by atoms with E-state index in [4.69, 9.17) is 9.47 Å². The van der Waals surface area contributed by atoms with E-state index in [9.17, 15) is 19.2 Å². The van der Waals surface area contributed by atoms with Crippen molar-refractivity contribution >= 4 is 23.8 Å². The number of fused-ring (bicyclic) bond motifs is 1. The Morgan fingerprint density at radius 2 is 1.69 bits per heavy atom. The molecule has 1 aromatic rings. The second kappa shape index (κ2) is 5.93. The summed E-state index contributed by atoms with van der Waals surface area (Å²) in [5.74, 6) is -2.50. The molecule has 26 heavy (non-hydrogen) atoms. The molecule has 2 heterocycles. The molecule has 7 heteroatoms. The maximum absolute atomic E-state index is 12.8. The van der Waals surface area contributed by atoms with Crippen LogP contribution in [-0.2, 0) is 19.1 Å². The van der Waals surface area contributed by atoms with Crippen LogP contribution >= 0.6 is 0 Å². The number of hydrogen-bond acceptors (Lipinski definition) is 6. The first-order chi connectivity index (χ1) is 12.1. The van der Waals surface area contributed by atoms with E-state index in [0.717, 1.165) is 4.90 Å². The highest BCUT2D eigenvalue weighted by molar-refractivity contribution is 6.22. The molecule has 1 fully saturated rings. The summed E-state index contributed by atoms with van der Waals surface area (Å²) < 4.78 is 10.6. The summed E-state index contributed by atoms with van der Waals surface area (Å²) in [5.41, 5.74) is -1.68. The van der Waals surface area contributed by atoms with E-state index in [-0.39, 0.29) is 24.2 Å². The first-order valence-electron chi connectivity index (χ1n) is 8.51. The predicted molar refractivity (Wildman–Crippen MR) is 90.3 cm³/mol. The summed E-state index contributed by atoms with van der Waals surface area (Å²) in [4.78, 5) is 51.1. The van der Waals surface area contributed by atoms with Gasteiger partial charge in [0.1, 0.15) is 12.6 Å². The van der Waals surface area contributed by atoms with Crippen LogP contribution in [0.4, 0.5) is 0 Å². The lowest BCUT2D eigenvalue weighted by molar-refractivity contribution is -0.180. The molecular weight excluding hydrogens is 338 g/mol. The van der Waals surface area contributed by atoms with E-state index < -0.39 is 40.8 Å². The number of carbonyl (C=O) groups is 4. The van der Waals surface area contributed by atoms with Crippen LogP contribution in [0.1, 0.15) is 54.8 Å². The molecule has 3 rings (SSSR count). The van der Waals surface area contributed by atoms with Gasteiger partial charge in [0.2, 0.25) is 5.60 Å². The number of rotatable bonds is 4. The van der Waals surface area contributed by atoms with Crippen molar-refractivity contribution in [2.75, 3.05) is 6.61 Å². The molecule has 2 atom stereocenters. The molecule has 0 aliphatic carbocycles. The molecule has 2 amide bonds. The van der Waals surface area contributed by atoms with Crippen molar-refractivity contribution < 1.29 is 28.7 Å². The van der Waals surface area contributed by atoms with Crippen LogP contribution in [0.5, 0.6) is 0 Å². The fourth-order valence-corrected chi connectivity index (χ4v) is 3.19. The highest BCUT2D eigenvalue weighted by Crippen LogP contribution is 2.41. The van der Waals surface area contributed by atoms with Gasteiger partial charge < -0.3 is 9.47 Å². The van der Waals surface area contributed by atoms with Gasteiger partial charge in [-0.25, -0.2) is 9.59 Å². The van der Waals surface area contributed by atoms with Crippen LogP contribution in [0.2, 0.25) is 0 Å². The van der Waals surface area contributed by atoms with Crippen molar-refractivity contribution in [2.45, 2.75) is 45.8 Å². The van der Waals surface area contributed by atoms with E-state index in [1.54, 1.807) is 45.0 Å². The molecule has 0 saturated carbocycles. The number of benzene rings is 1. The lowest BCUT2D eigenvalue weighted by Crippen LogP contribution is -2.53. The Morgan fingerprint density at radius 3 is 2.12 bits per heavy atom. The Bertz CT molecular complexity index is 779. The SMILES string of the molecule is CC[C@@H](C(=O)O[C@]1(C)C(=O)OCC1(C)C)N1C(=O)c2ccccc2C1=O. The third-order valence-corrected chi connectivity index (χ3v) is 5.35. The van der Waals surface area contributed by atoms with Crippen molar-refractivity contribution in [2.24, 2.45) is 5.41 Å². The first-order valence-corrected chi connectivity index (χ1v) is 8.51. The molecule has 0 bridgehead atoms. The third kappa shape index (κ3) is 2.41. The van der Waals surface area contributed by atoms with Crippen LogP contribution in [-0.4, -0.2) is 46.9 Å². The van der Waals surface area contributed by atoms with E-state index in [1.807, 2.05) is 0 Å². The minimum absolute atomic E-state index is 0.124. The Morgan fingerprint density at radius 1 is 1.15 bits per heavy atom. The van der Waals surface area contributed by atoms with E-state index in [0.29, 0.717) is 0 Å². The number of hydrogen-bond donors (Lipinski definition) is 0. The van der Waals surface area contributed by atoms with E-state index in [1.165, 1.54) is 6.92 Å². The molecule has 2 aliphatic rings. The standard InChI is InChI=1S/C19H21NO6/c1-5-13(16(23)26-19(4)17(24)25-10-18(19,2)3)20-14(21)11-8-6-7-9-12(11)15(20)22/h6-9,13H,5,10H2,1-4H3/t13-,19+/m0/s1. The summed E-state index contributed by atoms with van der Waals surface area (Å²) in [6.45, 7) is 6.81. The lowest BCUT2D eigenvalue weighted by atomic mass is 9.78. The molecule has 0 spiro atoms. The van der Waals surface area contributed by atoms with Crippen molar-refractivity contribution in [3.05, 3.63) is 35.4 Å². The molecule has 1 aromatic carbocycles. The second-order valence-corrected chi connectivity index (χ2v) is 7.36. The summed E-state index contributed by atoms with van der Waals surface area (Å²) in [5, 5.41) is 0. The van der Waals surface area contributed by atoms with Gasteiger partial charge in [0.05, 0.1) is 11.1 Å². The summed E-state index contributed by atoms with van der Waals surface area (Å²) in [6.07, 6.45) is 0.176. The zero-order chi connectivity index (χ0) is 19.3. The van der Waals surface area contributed by atoms with E-state index in [2.05, 4.69) is 0 Å². The molecule has 0 radical (unpaired) electrons. The fraction of sp³-hybridized carbons (Fsp3) is 0.474. The van der Waals surface area contributed by atoms with Crippen molar-refractivity contribution in [3.8, 4) is 0 Å². The Balaban J connectivity index is 1.89. The monoisotopic (exact) mass is 359 g/mol. The number of esters is 2. The maximum atomic E-state index is 12.8. The number of imide groups is 1. The zero-order valence-corrected chi connectivity index (χ0v) is 15.2. The highest BCUT2D eigenvalue weighted by atomic mass is 16.6. The van der Waals surface area contributed by atoms with Gasteiger partial charge in [-0.05, 0) is 25.5 Å². The van der Waals surface area contributed by atoms with Gasteiger partial charge in [-0.2, -0.15) is 0 Å². The van der Waals surface area contributed by atoms with Gasteiger partial charge in [-0.1, -0.05) is 32.9 Å². The minimum Gasteiger partial charge on any atom is -0.462 e. The topological polar surface area (TPSA) is 90.0 Å². The molecular formula is C19H21NO6. The van der Waals surface area contributed by atoms with Gasteiger partial charge in [0.25, 0.3) is 11.8 Å². The van der Waals surface area contributed by atoms with Crippen molar-refractivity contribution in [1.82, 2.24) is 4.90 Å². The number of cyclic esters (lactones) is 1. The summed E-state index contributed by atoms with van der Waals surface area (Å²) in [7, 11) is 0. The largest absolute Gasteiger partial charge is 0.462 e. The third-order valence-electron chi connectivity index (χ3n) is 5.35. The van der Waals surface area contributed by atoms with Gasteiger partial charge in [-0.15, -0.1) is 0 Å². The Labute approximate surface area is 151 Å². The summed E-state index contributed by atoms with van der Waals surface area (Å²) >= 11 is 0. The maximum Gasteiger partial charge on any atom is 0.351 e. The quantitative estimate of drug-likeness (QED) is 0.603. The molecule has 0 N–H and O–H groups in total. The minimum atomic E-state index is -1.48. The van der Waals surface area contributed by atoms with Gasteiger partial charge in [0, 0.05) is 5.41 Å².